The molecule has 160 valence electrons. The third-order valence-electron chi connectivity index (χ3n) is 7.90. The quantitative estimate of drug-likeness (QED) is 0.735. The zero-order valence-corrected chi connectivity index (χ0v) is 19.4. The summed E-state index contributed by atoms with van der Waals surface area (Å²) in [6.45, 7) is 2.30. The second-order valence-corrected chi connectivity index (χ2v) is 10.4. The van der Waals surface area contributed by atoms with E-state index in [1.165, 1.54) is 11.1 Å². The maximum absolute atomic E-state index is 6.24. The van der Waals surface area contributed by atoms with Crippen LogP contribution in [0.2, 0.25) is 5.02 Å². The summed E-state index contributed by atoms with van der Waals surface area (Å²) in [5.41, 5.74) is 10.3. The van der Waals surface area contributed by atoms with Crippen LogP contribution in [-0.2, 0) is 21.4 Å². The lowest BCUT2D eigenvalue weighted by atomic mass is 9.44. The number of ether oxygens (including phenoxy) is 2. The number of halogens is 1. The Balaban J connectivity index is 1.70. The number of aromatic nitrogens is 1. The van der Waals surface area contributed by atoms with Gasteiger partial charge in [-0.25, -0.2) is 4.99 Å². The molecule has 1 saturated carbocycles. The molecule has 4 atom stereocenters. The van der Waals surface area contributed by atoms with Crippen molar-refractivity contribution in [2.45, 2.75) is 49.6 Å². The Morgan fingerprint density at radius 3 is 2.68 bits per heavy atom. The first-order chi connectivity index (χ1) is 14.7. The standard InChI is InChI=1S/C23H28B2ClN3O2/c1-13-9-21(6-5-19(13)30-2)10-15-4-3-14(16-7-17(26)12-28-11-16)8-18(15)22(21)23(24,25)31-20(27)29-22/h3-4,7-8,11-13,19H,5-6,9-10,24-25H2,1-2H3,(H2,27,29)/t13-,19-,21-,22-/m0/s1. The van der Waals surface area contributed by atoms with Crippen LogP contribution in [0.5, 0.6) is 0 Å². The van der Waals surface area contributed by atoms with Crippen LogP contribution < -0.4 is 5.73 Å². The molecule has 1 aromatic heterocycles. The van der Waals surface area contributed by atoms with Crippen LogP contribution in [0.1, 0.15) is 37.3 Å². The number of benzene rings is 1. The van der Waals surface area contributed by atoms with E-state index in [-0.39, 0.29) is 17.5 Å². The van der Waals surface area contributed by atoms with Crippen LogP contribution in [0, 0.1) is 11.3 Å². The van der Waals surface area contributed by atoms with Gasteiger partial charge in [-0.3, -0.25) is 4.98 Å². The first-order valence-electron chi connectivity index (χ1n) is 11.0. The number of fused-ring (bicyclic) bond motifs is 3. The molecule has 0 saturated heterocycles. The average molecular weight is 436 g/mol. The van der Waals surface area contributed by atoms with Crippen molar-refractivity contribution in [3.05, 3.63) is 52.8 Å². The molecule has 0 bridgehead atoms. The summed E-state index contributed by atoms with van der Waals surface area (Å²) < 4.78 is 12.0. The molecule has 0 unspecified atom stereocenters. The van der Waals surface area contributed by atoms with Crippen molar-refractivity contribution in [2.24, 2.45) is 22.1 Å². The van der Waals surface area contributed by atoms with Gasteiger partial charge in [-0.05, 0) is 60.4 Å². The highest BCUT2D eigenvalue weighted by Crippen LogP contribution is 2.65. The minimum Gasteiger partial charge on any atom is -0.475 e. The molecular weight excluding hydrogens is 407 g/mol. The van der Waals surface area contributed by atoms with Crippen molar-refractivity contribution < 1.29 is 9.47 Å². The van der Waals surface area contributed by atoms with Gasteiger partial charge >= 0.3 is 0 Å². The van der Waals surface area contributed by atoms with Gasteiger partial charge in [-0.15, -0.1) is 0 Å². The van der Waals surface area contributed by atoms with Gasteiger partial charge in [-0.2, -0.15) is 0 Å². The van der Waals surface area contributed by atoms with E-state index < -0.39 is 10.9 Å². The maximum Gasteiger partial charge on any atom is 0.282 e. The molecule has 5 rings (SSSR count). The van der Waals surface area contributed by atoms with Crippen molar-refractivity contribution >= 4 is 33.3 Å². The summed E-state index contributed by atoms with van der Waals surface area (Å²) in [5, 5.41) is 0.0790. The van der Waals surface area contributed by atoms with Gasteiger partial charge in [0.05, 0.1) is 16.5 Å². The number of hydrogen-bond donors (Lipinski definition) is 1. The lowest BCUT2D eigenvalue weighted by Crippen LogP contribution is -2.60. The molecule has 8 heteroatoms. The summed E-state index contributed by atoms with van der Waals surface area (Å²) in [4.78, 5) is 9.39. The van der Waals surface area contributed by atoms with Gasteiger partial charge in [0.1, 0.15) is 5.54 Å². The summed E-state index contributed by atoms with van der Waals surface area (Å²) in [7, 11) is 6.09. The normalized spacial score (nSPS) is 33.3. The Hall–Kier alpha value is -1.98. The molecule has 0 amide bonds. The molecule has 1 aliphatic heterocycles. The van der Waals surface area contributed by atoms with E-state index in [2.05, 4.69) is 45.8 Å². The Morgan fingerprint density at radius 2 is 2.03 bits per heavy atom. The fourth-order valence-corrected chi connectivity index (χ4v) is 6.96. The molecule has 2 spiro atoms. The van der Waals surface area contributed by atoms with E-state index in [4.69, 9.17) is 31.8 Å². The molecule has 1 fully saturated rings. The van der Waals surface area contributed by atoms with Crippen LogP contribution in [0.4, 0.5) is 0 Å². The smallest absolute Gasteiger partial charge is 0.282 e. The van der Waals surface area contributed by atoms with Gasteiger partial charge in [0, 0.05) is 30.5 Å². The molecular formula is C23H28B2ClN3O2. The fourth-order valence-electron chi connectivity index (χ4n) is 6.79. The van der Waals surface area contributed by atoms with Gasteiger partial charge in [-0.1, -0.05) is 30.7 Å². The van der Waals surface area contributed by atoms with E-state index >= 15 is 0 Å². The number of pyridine rings is 1. The minimum absolute atomic E-state index is 0.0559. The van der Waals surface area contributed by atoms with E-state index in [0.717, 1.165) is 36.8 Å². The monoisotopic (exact) mass is 435 g/mol. The highest BCUT2D eigenvalue weighted by Gasteiger charge is 2.68. The summed E-state index contributed by atoms with van der Waals surface area (Å²) in [6, 6.07) is 8.91. The Kier molecular flexibility index (Phi) is 4.73. The van der Waals surface area contributed by atoms with Crippen molar-refractivity contribution in [3.63, 3.8) is 0 Å². The van der Waals surface area contributed by atoms with E-state index in [1.807, 2.05) is 19.4 Å². The number of nitrogens with two attached hydrogens (primary N) is 1. The topological polar surface area (TPSA) is 69.7 Å². The first-order valence-corrected chi connectivity index (χ1v) is 11.4. The molecule has 1 aromatic carbocycles. The number of rotatable bonds is 2. The third-order valence-corrected chi connectivity index (χ3v) is 8.11. The van der Waals surface area contributed by atoms with Crippen LogP contribution in [0.15, 0.2) is 41.7 Å². The Bertz CT molecular complexity index is 1080. The molecule has 3 aliphatic rings. The van der Waals surface area contributed by atoms with E-state index in [1.54, 1.807) is 6.20 Å². The van der Waals surface area contributed by atoms with E-state index in [9.17, 15) is 0 Å². The predicted molar refractivity (Wildman–Crippen MR) is 129 cm³/mol. The first kappa shape index (κ1) is 20.9. The number of nitrogens with zero attached hydrogens (tertiary/aromatic N) is 2. The molecule has 0 radical (unpaired) electrons. The Labute approximate surface area is 190 Å². The lowest BCUT2D eigenvalue weighted by Gasteiger charge is -2.53. The van der Waals surface area contributed by atoms with Gasteiger partial charge in [0.15, 0.2) is 15.7 Å². The average Bonchev–Trinajstić information content (AvgIpc) is 3.12. The zero-order valence-electron chi connectivity index (χ0n) is 18.6. The molecule has 31 heavy (non-hydrogen) atoms. The van der Waals surface area contributed by atoms with Crippen LogP contribution in [0.25, 0.3) is 11.1 Å². The van der Waals surface area contributed by atoms with Gasteiger partial charge in [0.25, 0.3) is 6.02 Å². The summed E-state index contributed by atoms with van der Waals surface area (Å²) in [5.74, 6) is 0.439. The van der Waals surface area contributed by atoms with Crippen LogP contribution >= 0.6 is 11.6 Å². The Morgan fingerprint density at radius 1 is 1.23 bits per heavy atom. The van der Waals surface area contributed by atoms with Crippen LogP contribution in [-0.4, -0.2) is 45.3 Å². The SMILES string of the molecule is BC1(B)OC(N)=N[C@]12c1cc(-c3cncc(Cl)c3)ccc1C[C@@]21CC[C@H](OC)[C@@H](C)C1. The molecule has 2 heterocycles. The molecule has 2 aromatic rings. The largest absolute Gasteiger partial charge is 0.475 e. The minimum atomic E-state index is -0.548. The molecule has 2 N–H and O–H groups in total. The maximum atomic E-state index is 6.24. The summed E-state index contributed by atoms with van der Waals surface area (Å²) in [6.07, 6.45) is 7.84. The highest BCUT2D eigenvalue weighted by molar-refractivity contribution is 6.41. The second-order valence-electron chi connectivity index (χ2n) is 9.99. The lowest BCUT2D eigenvalue weighted by molar-refractivity contribution is -0.0559. The number of methoxy groups -OCH3 is 1. The van der Waals surface area contributed by atoms with Crippen molar-refractivity contribution in [3.8, 4) is 11.1 Å². The number of amidine groups is 1. The van der Waals surface area contributed by atoms with Crippen molar-refractivity contribution in [1.29, 1.82) is 0 Å². The van der Waals surface area contributed by atoms with Gasteiger partial charge < -0.3 is 15.2 Å². The van der Waals surface area contributed by atoms with Gasteiger partial charge in [0.2, 0.25) is 0 Å². The fraction of sp³-hybridized carbons (Fsp3) is 0.478. The molecule has 2 aliphatic carbocycles. The molecule has 5 nitrogen and oxygen atoms in total. The number of hydrogen-bond acceptors (Lipinski definition) is 5. The van der Waals surface area contributed by atoms with Crippen LogP contribution in [0.3, 0.4) is 0 Å². The number of aliphatic imine (C=N–C) groups is 1. The van der Waals surface area contributed by atoms with Crippen molar-refractivity contribution in [1.82, 2.24) is 4.98 Å². The predicted octanol–water partition coefficient (Wildman–Crippen LogP) is 2.24. The van der Waals surface area contributed by atoms with Crippen molar-refractivity contribution in [2.75, 3.05) is 7.11 Å². The second kappa shape index (κ2) is 7.01. The third kappa shape index (κ3) is 2.89. The zero-order chi connectivity index (χ0) is 22.0. The highest BCUT2D eigenvalue weighted by atomic mass is 35.5. The van der Waals surface area contributed by atoms with E-state index in [0.29, 0.717) is 10.9 Å². The summed E-state index contributed by atoms with van der Waals surface area (Å²) >= 11 is 6.22.